The molecular formula is C29H33N5O3. The van der Waals surface area contributed by atoms with E-state index in [0.29, 0.717) is 55.8 Å². The number of amides is 2. The van der Waals surface area contributed by atoms with Gasteiger partial charge in [0.2, 0.25) is 0 Å². The number of methoxy groups -OCH3 is 1. The summed E-state index contributed by atoms with van der Waals surface area (Å²) in [7, 11) is 1.55. The third kappa shape index (κ3) is 3.96. The summed E-state index contributed by atoms with van der Waals surface area (Å²) in [6.45, 7) is 5.16. The van der Waals surface area contributed by atoms with Gasteiger partial charge in [-0.3, -0.25) is 9.59 Å². The molecule has 0 unspecified atom stereocenters. The van der Waals surface area contributed by atoms with Crippen LogP contribution in [-0.4, -0.2) is 46.0 Å². The van der Waals surface area contributed by atoms with Crippen LogP contribution in [0.4, 0.5) is 0 Å². The first-order valence-electron chi connectivity index (χ1n) is 13.2. The van der Waals surface area contributed by atoms with Crippen molar-refractivity contribution in [3.05, 3.63) is 40.6 Å². The second-order valence-electron chi connectivity index (χ2n) is 10.7. The number of nitrogens with zero attached hydrogens (tertiary/aromatic N) is 4. The molecule has 1 atom stereocenters. The number of nitrogens with one attached hydrogen (secondary N) is 1. The maximum absolute atomic E-state index is 13.8. The van der Waals surface area contributed by atoms with E-state index in [0.717, 1.165) is 48.1 Å². The SMILES string of the molecule is CCCc1cc(C(=O)N2CCC[C@]2(C)C#N)n2c1-c1cc(C(=O)NC3(C#N)CCC3)c(OC)cc1CC2. The Morgan fingerprint density at radius 2 is 1.89 bits per heavy atom. The Balaban J connectivity index is 1.59. The first kappa shape index (κ1) is 24.9. The summed E-state index contributed by atoms with van der Waals surface area (Å²) < 4.78 is 7.67. The highest BCUT2D eigenvalue weighted by Gasteiger charge is 2.42. The molecule has 5 rings (SSSR count). The molecule has 1 N–H and O–H groups in total. The number of benzene rings is 1. The van der Waals surface area contributed by atoms with Crippen LogP contribution in [0.15, 0.2) is 18.2 Å². The summed E-state index contributed by atoms with van der Waals surface area (Å²) >= 11 is 0. The zero-order valence-corrected chi connectivity index (χ0v) is 21.8. The van der Waals surface area contributed by atoms with Gasteiger partial charge >= 0.3 is 0 Å². The molecule has 8 nitrogen and oxygen atoms in total. The number of nitriles is 2. The molecule has 1 aliphatic carbocycles. The lowest BCUT2D eigenvalue weighted by molar-refractivity contribution is 0.0681. The highest BCUT2D eigenvalue weighted by Crippen LogP contribution is 2.41. The second-order valence-corrected chi connectivity index (χ2v) is 10.7. The molecule has 8 heteroatoms. The van der Waals surface area contributed by atoms with Crippen LogP contribution in [-0.2, 0) is 19.4 Å². The molecule has 2 fully saturated rings. The van der Waals surface area contributed by atoms with Gasteiger partial charge < -0.3 is 19.5 Å². The Hall–Kier alpha value is -3.78. The zero-order chi connectivity index (χ0) is 26.4. The molecule has 37 heavy (non-hydrogen) atoms. The van der Waals surface area contributed by atoms with Gasteiger partial charge in [-0.2, -0.15) is 10.5 Å². The smallest absolute Gasteiger partial charge is 0.271 e. The lowest BCUT2D eigenvalue weighted by Crippen LogP contribution is -2.52. The molecule has 1 saturated heterocycles. The van der Waals surface area contributed by atoms with Gasteiger partial charge in [0.05, 0.1) is 30.5 Å². The van der Waals surface area contributed by atoms with E-state index in [9.17, 15) is 20.1 Å². The van der Waals surface area contributed by atoms with E-state index >= 15 is 0 Å². The van der Waals surface area contributed by atoms with Crippen molar-refractivity contribution in [3.63, 3.8) is 0 Å². The average Bonchev–Trinajstić information content (AvgIpc) is 3.46. The van der Waals surface area contributed by atoms with Crippen LogP contribution in [0.3, 0.4) is 0 Å². The number of carbonyl (C=O) groups excluding carboxylic acids is 2. The summed E-state index contributed by atoms with van der Waals surface area (Å²) in [6, 6.07) is 10.4. The van der Waals surface area contributed by atoms with Crippen molar-refractivity contribution in [2.45, 2.75) is 82.8 Å². The summed E-state index contributed by atoms with van der Waals surface area (Å²) in [5.74, 6) is 0.0552. The molecule has 0 spiro atoms. The van der Waals surface area contributed by atoms with Crippen molar-refractivity contribution < 1.29 is 14.3 Å². The van der Waals surface area contributed by atoms with Crippen molar-refractivity contribution in [1.29, 1.82) is 10.5 Å². The topological polar surface area (TPSA) is 111 Å². The quantitative estimate of drug-likeness (QED) is 0.635. The van der Waals surface area contributed by atoms with Crippen LogP contribution in [0, 0.1) is 22.7 Å². The van der Waals surface area contributed by atoms with Crippen LogP contribution in [0.1, 0.15) is 84.3 Å². The van der Waals surface area contributed by atoms with Gasteiger partial charge in [0, 0.05) is 18.7 Å². The minimum absolute atomic E-state index is 0.110. The minimum atomic E-state index is -0.811. The van der Waals surface area contributed by atoms with Gasteiger partial charge in [-0.15, -0.1) is 0 Å². The molecule has 0 radical (unpaired) electrons. The first-order chi connectivity index (χ1) is 17.8. The Bertz CT molecular complexity index is 1360. The number of fused-ring (bicyclic) bond motifs is 3. The number of carbonyl (C=O) groups is 2. The number of aryl methyl sites for hydroxylation is 2. The Morgan fingerprint density at radius 1 is 1.11 bits per heavy atom. The molecule has 3 heterocycles. The Labute approximate surface area is 217 Å². The monoisotopic (exact) mass is 499 g/mol. The first-order valence-corrected chi connectivity index (χ1v) is 13.2. The fourth-order valence-electron chi connectivity index (χ4n) is 6.04. The summed E-state index contributed by atoms with van der Waals surface area (Å²) in [5, 5.41) is 22.3. The molecule has 1 aromatic carbocycles. The highest BCUT2D eigenvalue weighted by molar-refractivity contribution is 6.00. The lowest BCUT2D eigenvalue weighted by Gasteiger charge is -2.36. The van der Waals surface area contributed by atoms with E-state index in [4.69, 9.17) is 4.74 Å². The molecule has 2 aliphatic heterocycles. The number of aromatic nitrogens is 1. The van der Waals surface area contributed by atoms with Gasteiger partial charge in [0.15, 0.2) is 0 Å². The molecule has 192 valence electrons. The molecule has 1 saturated carbocycles. The maximum atomic E-state index is 13.8. The molecule has 1 aromatic heterocycles. The van der Waals surface area contributed by atoms with E-state index in [2.05, 4.69) is 28.9 Å². The van der Waals surface area contributed by atoms with Crippen LogP contribution < -0.4 is 10.1 Å². The van der Waals surface area contributed by atoms with Gasteiger partial charge in [-0.05, 0) is 81.2 Å². The largest absolute Gasteiger partial charge is 0.496 e. The van der Waals surface area contributed by atoms with E-state index in [1.54, 1.807) is 12.0 Å². The number of likely N-dealkylation sites (tertiary alicyclic amines) is 1. The standard InChI is InChI=1S/C29H33N5O3/c1-4-7-20-14-23(27(36)34-12-6-9-28(34,2)17-30)33-13-8-19-15-24(37-3)22(16-21(19)25(20)33)26(35)32-29(18-31)10-5-11-29/h14-16H,4-13H2,1-3H3,(H,32,35)/t28-/m1/s1. The number of rotatable bonds is 6. The predicted molar refractivity (Wildman–Crippen MR) is 138 cm³/mol. The molecule has 2 aromatic rings. The van der Waals surface area contributed by atoms with Crippen molar-refractivity contribution in [3.8, 4) is 29.1 Å². The van der Waals surface area contributed by atoms with E-state index < -0.39 is 11.1 Å². The zero-order valence-electron chi connectivity index (χ0n) is 21.8. The molecule has 3 aliphatic rings. The van der Waals surface area contributed by atoms with Crippen LogP contribution in [0.25, 0.3) is 11.3 Å². The normalized spacial score (nSPS) is 21.2. The van der Waals surface area contributed by atoms with E-state index in [1.165, 1.54) is 0 Å². The summed E-state index contributed by atoms with van der Waals surface area (Å²) in [5.41, 5.74) is 3.40. The van der Waals surface area contributed by atoms with E-state index in [-0.39, 0.29) is 11.8 Å². The predicted octanol–water partition coefficient (Wildman–Crippen LogP) is 4.37. The number of hydrogen-bond donors (Lipinski definition) is 1. The fourth-order valence-corrected chi connectivity index (χ4v) is 6.04. The van der Waals surface area contributed by atoms with Crippen molar-refractivity contribution in [2.75, 3.05) is 13.7 Å². The minimum Gasteiger partial charge on any atom is -0.496 e. The van der Waals surface area contributed by atoms with E-state index in [1.807, 2.05) is 25.1 Å². The molecule has 0 bridgehead atoms. The number of hydrogen-bond acceptors (Lipinski definition) is 5. The average molecular weight is 500 g/mol. The van der Waals surface area contributed by atoms with Crippen molar-refractivity contribution >= 4 is 11.8 Å². The third-order valence-electron chi connectivity index (χ3n) is 8.35. The van der Waals surface area contributed by atoms with Gasteiger partial charge in [-0.1, -0.05) is 13.3 Å². The number of ether oxygens (including phenoxy) is 1. The maximum Gasteiger partial charge on any atom is 0.271 e. The second kappa shape index (κ2) is 9.27. The third-order valence-corrected chi connectivity index (χ3v) is 8.35. The van der Waals surface area contributed by atoms with Gasteiger partial charge in [0.25, 0.3) is 11.8 Å². The van der Waals surface area contributed by atoms with Crippen molar-refractivity contribution in [1.82, 2.24) is 14.8 Å². The van der Waals surface area contributed by atoms with Crippen LogP contribution >= 0.6 is 0 Å². The highest BCUT2D eigenvalue weighted by atomic mass is 16.5. The van der Waals surface area contributed by atoms with Gasteiger partial charge in [0.1, 0.15) is 22.5 Å². The molecular weight excluding hydrogens is 466 g/mol. The van der Waals surface area contributed by atoms with Crippen molar-refractivity contribution in [2.24, 2.45) is 0 Å². The molecule has 2 amide bonds. The Morgan fingerprint density at radius 3 is 2.51 bits per heavy atom. The fraction of sp³-hybridized carbons (Fsp3) is 0.517. The lowest BCUT2D eigenvalue weighted by atomic mass is 9.78. The van der Waals surface area contributed by atoms with Gasteiger partial charge in [-0.25, -0.2) is 0 Å². The summed E-state index contributed by atoms with van der Waals surface area (Å²) in [6.07, 6.45) is 6.11. The van der Waals surface area contributed by atoms with Crippen LogP contribution in [0.5, 0.6) is 5.75 Å². The Kier molecular flexibility index (Phi) is 6.23. The summed E-state index contributed by atoms with van der Waals surface area (Å²) in [4.78, 5) is 28.8. The van der Waals surface area contributed by atoms with Crippen LogP contribution in [0.2, 0.25) is 0 Å².